The summed E-state index contributed by atoms with van der Waals surface area (Å²) in [5.74, 6) is 1.19. The van der Waals surface area contributed by atoms with Gasteiger partial charge in [-0.1, -0.05) is 23.8 Å². The Labute approximate surface area is 198 Å². The maximum absolute atomic E-state index is 13.1. The number of nitrogens with zero attached hydrogens (tertiary/aromatic N) is 5. The van der Waals surface area contributed by atoms with Gasteiger partial charge in [-0.3, -0.25) is 10.1 Å². The number of nitrogens with one attached hydrogen (secondary N) is 1. The standard InChI is InChI=1S/C23H26N6O4S/c1-16-4-7-19(8-5-16)25-22-14-18(3)24-23(26-22)27-10-12-28(13-11-27)34(32,33)20-9-6-17(2)21(15-20)29(30)31/h4-9,14-15H,10-13H2,1-3H3,(H,24,25,26). The average Bonchev–Trinajstić information content (AvgIpc) is 2.80. The van der Waals surface area contributed by atoms with Gasteiger partial charge in [0, 0.05) is 55.3 Å². The molecule has 1 saturated heterocycles. The van der Waals surface area contributed by atoms with Gasteiger partial charge in [-0.25, -0.2) is 13.4 Å². The molecule has 1 aromatic heterocycles. The van der Waals surface area contributed by atoms with Crippen LogP contribution in [0.5, 0.6) is 0 Å². The Bertz CT molecular complexity index is 1320. The van der Waals surface area contributed by atoms with Gasteiger partial charge in [0.15, 0.2) is 0 Å². The molecule has 1 aliphatic rings. The fourth-order valence-electron chi connectivity index (χ4n) is 3.77. The first-order valence-corrected chi connectivity index (χ1v) is 12.3. The molecule has 0 spiro atoms. The molecule has 0 atom stereocenters. The van der Waals surface area contributed by atoms with Crippen molar-refractivity contribution in [2.45, 2.75) is 25.7 Å². The zero-order valence-corrected chi connectivity index (χ0v) is 20.0. The Morgan fingerprint density at radius 1 is 0.941 bits per heavy atom. The molecule has 11 heteroatoms. The summed E-state index contributed by atoms with van der Waals surface area (Å²) in [6.07, 6.45) is 0. The number of aryl methyl sites for hydroxylation is 3. The van der Waals surface area contributed by atoms with Gasteiger partial charge in [0.05, 0.1) is 9.82 Å². The predicted molar refractivity (Wildman–Crippen MR) is 130 cm³/mol. The largest absolute Gasteiger partial charge is 0.340 e. The van der Waals surface area contributed by atoms with Crippen LogP contribution in [0.3, 0.4) is 0 Å². The van der Waals surface area contributed by atoms with E-state index < -0.39 is 14.9 Å². The number of sulfonamides is 1. The molecular weight excluding hydrogens is 456 g/mol. The van der Waals surface area contributed by atoms with Crippen LogP contribution in [0.15, 0.2) is 53.4 Å². The second-order valence-corrected chi connectivity index (χ2v) is 10.2. The van der Waals surface area contributed by atoms with Crippen molar-refractivity contribution in [3.63, 3.8) is 0 Å². The molecule has 178 valence electrons. The van der Waals surface area contributed by atoms with Crippen LogP contribution in [0.25, 0.3) is 0 Å². The molecule has 1 aliphatic heterocycles. The molecule has 0 unspecified atom stereocenters. The van der Waals surface area contributed by atoms with E-state index >= 15 is 0 Å². The van der Waals surface area contributed by atoms with Crippen molar-refractivity contribution in [2.75, 3.05) is 36.4 Å². The zero-order chi connectivity index (χ0) is 24.5. The van der Waals surface area contributed by atoms with Crippen LogP contribution in [0.2, 0.25) is 0 Å². The number of hydrogen-bond donors (Lipinski definition) is 1. The van der Waals surface area contributed by atoms with Gasteiger partial charge in [-0.05, 0) is 39.0 Å². The average molecular weight is 483 g/mol. The lowest BCUT2D eigenvalue weighted by molar-refractivity contribution is -0.385. The minimum atomic E-state index is -3.85. The highest BCUT2D eigenvalue weighted by atomic mass is 32.2. The quantitative estimate of drug-likeness (QED) is 0.418. The van der Waals surface area contributed by atoms with E-state index in [0.29, 0.717) is 30.4 Å². The maximum atomic E-state index is 13.1. The molecule has 1 fully saturated rings. The summed E-state index contributed by atoms with van der Waals surface area (Å²) >= 11 is 0. The van der Waals surface area contributed by atoms with Gasteiger partial charge in [-0.15, -0.1) is 0 Å². The lowest BCUT2D eigenvalue weighted by atomic mass is 10.2. The number of rotatable bonds is 6. The monoisotopic (exact) mass is 482 g/mol. The minimum absolute atomic E-state index is 0.0744. The number of benzene rings is 2. The molecular formula is C23H26N6O4S. The highest BCUT2D eigenvalue weighted by molar-refractivity contribution is 7.89. The van der Waals surface area contributed by atoms with Crippen molar-refractivity contribution >= 4 is 33.2 Å². The summed E-state index contributed by atoms with van der Waals surface area (Å²) in [6, 6.07) is 13.8. The molecule has 4 rings (SSSR count). The van der Waals surface area contributed by atoms with Gasteiger partial charge in [0.25, 0.3) is 5.69 Å². The summed E-state index contributed by atoms with van der Waals surface area (Å²) in [4.78, 5) is 21.7. The molecule has 34 heavy (non-hydrogen) atoms. The molecule has 2 aromatic carbocycles. The topological polar surface area (TPSA) is 122 Å². The second-order valence-electron chi connectivity index (χ2n) is 8.28. The van der Waals surface area contributed by atoms with E-state index in [1.807, 2.05) is 49.1 Å². The zero-order valence-electron chi connectivity index (χ0n) is 19.2. The van der Waals surface area contributed by atoms with Crippen molar-refractivity contribution in [3.05, 3.63) is 75.5 Å². The fraction of sp³-hybridized carbons (Fsp3) is 0.304. The third kappa shape index (κ3) is 5.00. The smallest absolute Gasteiger partial charge is 0.273 e. The Balaban J connectivity index is 1.48. The summed E-state index contributed by atoms with van der Waals surface area (Å²) in [5, 5.41) is 14.5. The van der Waals surface area contributed by atoms with Crippen LogP contribution in [0.1, 0.15) is 16.8 Å². The van der Waals surface area contributed by atoms with Gasteiger partial charge in [0.2, 0.25) is 16.0 Å². The van der Waals surface area contributed by atoms with E-state index in [1.54, 1.807) is 6.92 Å². The number of piperazine rings is 1. The van der Waals surface area contributed by atoms with E-state index in [2.05, 4.69) is 15.3 Å². The van der Waals surface area contributed by atoms with Gasteiger partial charge < -0.3 is 10.2 Å². The van der Waals surface area contributed by atoms with E-state index in [-0.39, 0.29) is 23.7 Å². The van der Waals surface area contributed by atoms with Gasteiger partial charge >= 0.3 is 0 Å². The first-order chi connectivity index (χ1) is 16.1. The molecule has 3 aromatic rings. The lowest BCUT2D eigenvalue weighted by Gasteiger charge is -2.34. The molecule has 1 N–H and O–H groups in total. The van der Waals surface area contributed by atoms with Crippen LogP contribution >= 0.6 is 0 Å². The highest BCUT2D eigenvalue weighted by Gasteiger charge is 2.31. The van der Waals surface area contributed by atoms with Crippen molar-refractivity contribution in [3.8, 4) is 0 Å². The van der Waals surface area contributed by atoms with E-state index in [0.717, 1.165) is 23.0 Å². The Morgan fingerprint density at radius 3 is 2.26 bits per heavy atom. The molecule has 0 aliphatic carbocycles. The summed E-state index contributed by atoms with van der Waals surface area (Å²) in [7, 11) is -3.85. The predicted octanol–water partition coefficient (Wildman–Crippen LogP) is 3.56. The summed E-state index contributed by atoms with van der Waals surface area (Å²) < 4.78 is 27.5. The summed E-state index contributed by atoms with van der Waals surface area (Å²) in [5.41, 5.74) is 3.08. The lowest BCUT2D eigenvalue weighted by Crippen LogP contribution is -2.49. The molecule has 0 radical (unpaired) electrons. The van der Waals surface area contributed by atoms with E-state index in [4.69, 9.17) is 0 Å². The first-order valence-electron chi connectivity index (χ1n) is 10.8. The molecule has 0 bridgehead atoms. The van der Waals surface area contributed by atoms with Crippen LogP contribution in [0.4, 0.5) is 23.1 Å². The highest BCUT2D eigenvalue weighted by Crippen LogP contribution is 2.26. The summed E-state index contributed by atoms with van der Waals surface area (Å²) in [6.45, 7) is 6.75. The third-order valence-corrected chi connectivity index (χ3v) is 7.60. The van der Waals surface area contributed by atoms with Gasteiger partial charge in [-0.2, -0.15) is 9.29 Å². The van der Waals surface area contributed by atoms with Crippen molar-refractivity contribution in [1.29, 1.82) is 0 Å². The van der Waals surface area contributed by atoms with Crippen LogP contribution in [-0.4, -0.2) is 53.8 Å². The minimum Gasteiger partial charge on any atom is -0.340 e. The van der Waals surface area contributed by atoms with Crippen molar-refractivity contribution < 1.29 is 13.3 Å². The first kappa shape index (κ1) is 23.6. The number of nitro benzene ring substituents is 1. The number of aromatic nitrogens is 2. The van der Waals surface area contributed by atoms with E-state index in [1.165, 1.54) is 16.4 Å². The Kier molecular flexibility index (Phi) is 6.49. The number of nitro groups is 1. The Hall–Kier alpha value is -3.57. The van der Waals surface area contributed by atoms with Crippen molar-refractivity contribution in [1.82, 2.24) is 14.3 Å². The fourth-order valence-corrected chi connectivity index (χ4v) is 5.21. The maximum Gasteiger partial charge on any atom is 0.273 e. The van der Waals surface area contributed by atoms with Crippen LogP contribution in [-0.2, 0) is 10.0 Å². The Morgan fingerprint density at radius 2 is 1.62 bits per heavy atom. The van der Waals surface area contributed by atoms with E-state index in [9.17, 15) is 18.5 Å². The third-order valence-electron chi connectivity index (χ3n) is 5.70. The van der Waals surface area contributed by atoms with Gasteiger partial charge in [0.1, 0.15) is 5.82 Å². The van der Waals surface area contributed by atoms with Crippen LogP contribution in [0, 0.1) is 30.9 Å². The number of anilines is 3. The van der Waals surface area contributed by atoms with Crippen molar-refractivity contribution in [2.24, 2.45) is 0 Å². The molecule has 10 nitrogen and oxygen atoms in total. The number of hydrogen-bond acceptors (Lipinski definition) is 8. The molecule has 0 amide bonds. The van der Waals surface area contributed by atoms with Crippen LogP contribution < -0.4 is 10.2 Å². The normalized spacial score (nSPS) is 14.7. The SMILES string of the molecule is Cc1ccc(Nc2cc(C)nc(N3CCN(S(=O)(=O)c4ccc(C)c([N+](=O)[O-])c4)CC3)n2)cc1. The molecule has 2 heterocycles. The second kappa shape index (κ2) is 9.35. The molecule has 0 saturated carbocycles.